The number of likely N-dealkylation sites (tertiary alicyclic amines) is 1. The van der Waals surface area contributed by atoms with Crippen molar-refractivity contribution in [2.24, 2.45) is 0 Å². The lowest BCUT2D eigenvalue weighted by atomic mass is 10.1. The van der Waals surface area contributed by atoms with Crippen LogP contribution in [0.25, 0.3) is 10.9 Å². The highest BCUT2D eigenvalue weighted by molar-refractivity contribution is 6.07. The molecule has 5 heteroatoms. The average Bonchev–Trinajstić information content (AvgIpc) is 2.92. The van der Waals surface area contributed by atoms with E-state index >= 15 is 0 Å². The number of benzene rings is 1. The van der Waals surface area contributed by atoms with Gasteiger partial charge in [0.15, 0.2) is 0 Å². The lowest BCUT2D eigenvalue weighted by Gasteiger charge is -2.18. The van der Waals surface area contributed by atoms with Gasteiger partial charge in [-0.3, -0.25) is 4.79 Å². The fourth-order valence-corrected chi connectivity index (χ4v) is 2.60. The van der Waals surface area contributed by atoms with Gasteiger partial charge in [-0.2, -0.15) is 0 Å². The van der Waals surface area contributed by atoms with Gasteiger partial charge in [0.1, 0.15) is 5.82 Å². The number of hydrogen-bond acceptors (Lipinski definition) is 2. The van der Waals surface area contributed by atoms with Gasteiger partial charge in [-0.25, -0.2) is 4.39 Å². The molecule has 0 saturated carbocycles. The topological polar surface area (TPSA) is 56.3 Å². The second-order valence-electron chi connectivity index (χ2n) is 5.34. The molecule has 1 fully saturated rings. The quantitative estimate of drug-likeness (QED) is 0.824. The van der Waals surface area contributed by atoms with Crippen LogP contribution in [0.1, 0.15) is 23.7 Å². The number of nitrogens with one attached hydrogen (secondary N) is 1. The molecule has 1 aliphatic heterocycles. The molecule has 0 bridgehead atoms. The number of aliphatic hydroxyl groups is 1. The molecule has 2 N–H and O–H groups in total. The molecule has 3 rings (SSSR count). The SMILES string of the molecule is CC1(O)CCN(C(=O)c2c[nH]c3cccc(F)c23)C1. The normalized spacial score (nSPS) is 23.2. The number of aromatic nitrogens is 1. The van der Waals surface area contributed by atoms with E-state index in [1.54, 1.807) is 24.0 Å². The molecule has 1 aromatic heterocycles. The number of halogens is 1. The summed E-state index contributed by atoms with van der Waals surface area (Å²) < 4.78 is 13.8. The lowest BCUT2D eigenvalue weighted by Crippen LogP contribution is -2.33. The maximum Gasteiger partial charge on any atom is 0.256 e. The summed E-state index contributed by atoms with van der Waals surface area (Å²) in [5, 5.41) is 10.2. The maximum absolute atomic E-state index is 13.8. The van der Waals surface area contributed by atoms with Gasteiger partial charge in [0.05, 0.1) is 11.2 Å². The molecular weight excluding hydrogens is 247 g/mol. The minimum Gasteiger partial charge on any atom is -0.388 e. The van der Waals surface area contributed by atoms with Gasteiger partial charge in [0.2, 0.25) is 0 Å². The zero-order valence-corrected chi connectivity index (χ0v) is 10.6. The number of amides is 1. The second-order valence-corrected chi connectivity index (χ2v) is 5.34. The largest absolute Gasteiger partial charge is 0.388 e. The van der Waals surface area contributed by atoms with Gasteiger partial charge < -0.3 is 15.0 Å². The summed E-state index contributed by atoms with van der Waals surface area (Å²) in [5.41, 5.74) is 0.0837. The van der Waals surface area contributed by atoms with Crippen LogP contribution in [0.5, 0.6) is 0 Å². The van der Waals surface area contributed by atoms with Crippen LogP contribution in [0.4, 0.5) is 4.39 Å². The zero-order valence-electron chi connectivity index (χ0n) is 10.6. The van der Waals surface area contributed by atoms with Gasteiger partial charge in [0, 0.05) is 30.2 Å². The summed E-state index contributed by atoms with van der Waals surface area (Å²) in [6.45, 7) is 2.48. The Morgan fingerprint density at radius 1 is 1.53 bits per heavy atom. The van der Waals surface area contributed by atoms with Crippen LogP contribution in [0.3, 0.4) is 0 Å². The van der Waals surface area contributed by atoms with Crippen LogP contribution < -0.4 is 0 Å². The maximum atomic E-state index is 13.8. The monoisotopic (exact) mass is 262 g/mol. The Balaban J connectivity index is 1.99. The van der Waals surface area contributed by atoms with Crippen LogP contribution in [0, 0.1) is 5.82 Å². The first-order valence-electron chi connectivity index (χ1n) is 6.25. The lowest BCUT2D eigenvalue weighted by molar-refractivity contribution is 0.0573. The Hall–Kier alpha value is -1.88. The van der Waals surface area contributed by atoms with E-state index in [9.17, 15) is 14.3 Å². The highest BCUT2D eigenvalue weighted by atomic mass is 19.1. The van der Waals surface area contributed by atoms with Gasteiger partial charge in [0.25, 0.3) is 5.91 Å². The first-order valence-corrected chi connectivity index (χ1v) is 6.25. The Kier molecular flexibility index (Phi) is 2.60. The molecule has 1 atom stereocenters. The summed E-state index contributed by atoms with van der Waals surface area (Å²) in [6.07, 6.45) is 2.08. The minimum absolute atomic E-state index is 0.242. The van der Waals surface area contributed by atoms with Crippen molar-refractivity contribution in [1.82, 2.24) is 9.88 Å². The molecule has 100 valence electrons. The molecule has 0 aliphatic carbocycles. The molecule has 1 aromatic carbocycles. The fourth-order valence-electron chi connectivity index (χ4n) is 2.60. The van der Waals surface area contributed by atoms with Crippen LogP contribution in [-0.4, -0.2) is 39.6 Å². The number of β-amino-alcohol motifs (C(OH)–C–C–N with tert-alkyl or cyclic N) is 1. The molecule has 1 amide bonds. The smallest absolute Gasteiger partial charge is 0.256 e. The number of H-pyrrole nitrogens is 1. The standard InChI is InChI=1S/C14H15FN2O2/c1-14(19)5-6-17(8-14)13(18)9-7-16-11-4-2-3-10(15)12(9)11/h2-4,7,16,19H,5-6,8H2,1H3. The first kappa shape index (κ1) is 12.2. The second kappa shape index (κ2) is 4.06. The van der Waals surface area contributed by atoms with Gasteiger partial charge in [-0.15, -0.1) is 0 Å². The highest BCUT2D eigenvalue weighted by Crippen LogP contribution is 2.26. The van der Waals surface area contributed by atoms with Crippen molar-refractivity contribution in [3.8, 4) is 0 Å². The predicted molar refractivity (Wildman–Crippen MR) is 69.4 cm³/mol. The zero-order chi connectivity index (χ0) is 13.6. The number of rotatable bonds is 1. The van der Waals surface area contributed by atoms with Crippen LogP contribution >= 0.6 is 0 Å². The Morgan fingerprint density at radius 3 is 3.00 bits per heavy atom. The van der Waals surface area contributed by atoms with Gasteiger partial charge in [-0.05, 0) is 25.5 Å². The Morgan fingerprint density at radius 2 is 2.32 bits per heavy atom. The molecule has 1 aliphatic rings. The molecular formula is C14H15FN2O2. The van der Waals surface area contributed by atoms with Crippen LogP contribution in [-0.2, 0) is 0 Å². The van der Waals surface area contributed by atoms with Crippen molar-refractivity contribution in [1.29, 1.82) is 0 Å². The average molecular weight is 262 g/mol. The van der Waals surface area contributed by atoms with Crippen molar-refractivity contribution < 1.29 is 14.3 Å². The van der Waals surface area contributed by atoms with Gasteiger partial charge in [-0.1, -0.05) is 6.07 Å². The number of fused-ring (bicyclic) bond motifs is 1. The molecule has 19 heavy (non-hydrogen) atoms. The van der Waals surface area contributed by atoms with Crippen molar-refractivity contribution in [2.45, 2.75) is 18.9 Å². The van der Waals surface area contributed by atoms with Crippen LogP contribution in [0.2, 0.25) is 0 Å². The number of carbonyl (C=O) groups excluding carboxylic acids is 1. The summed E-state index contributed by atoms with van der Waals surface area (Å²) in [7, 11) is 0. The highest BCUT2D eigenvalue weighted by Gasteiger charge is 2.35. The third-order valence-corrected chi connectivity index (χ3v) is 3.62. The van der Waals surface area contributed by atoms with E-state index in [4.69, 9.17) is 0 Å². The summed E-state index contributed by atoms with van der Waals surface area (Å²) in [5.74, 6) is -0.651. The number of aromatic amines is 1. The molecule has 4 nitrogen and oxygen atoms in total. The Labute approximate surface area is 109 Å². The molecule has 0 radical (unpaired) electrons. The summed E-state index contributed by atoms with van der Waals surface area (Å²) >= 11 is 0. The molecule has 1 unspecified atom stereocenters. The minimum atomic E-state index is -0.847. The van der Waals surface area contributed by atoms with E-state index in [1.165, 1.54) is 12.3 Å². The third kappa shape index (κ3) is 2.00. The number of nitrogens with zero attached hydrogens (tertiary/aromatic N) is 1. The molecule has 2 heterocycles. The third-order valence-electron chi connectivity index (χ3n) is 3.62. The van der Waals surface area contributed by atoms with Crippen LogP contribution in [0.15, 0.2) is 24.4 Å². The fraction of sp³-hybridized carbons (Fsp3) is 0.357. The van der Waals surface area contributed by atoms with Crippen molar-refractivity contribution >= 4 is 16.8 Å². The van der Waals surface area contributed by atoms with Crippen molar-refractivity contribution in [2.75, 3.05) is 13.1 Å². The Bertz CT molecular complexity index is 648. The van der Waals surface area contributed by atoms with Crippen molar-refractivity contribution in [3.63, 3.8) is 0 Å². The molecule has 0 spiro atoms. The van der Waals surface area contributed by atoms with E-state index in [-0.39, 0.29) is 12.5 Å². The van der Waals surface area contributed by atoms with Crippen molar-refractivity contribution in [3.05, 3.63) is 35.8 Å². The number of hydrogen-bond donors (Lipinski definition) is 2. The van der Waals surface area contributed by atoms with E-state index in [0.717, 1.165) is 0 Å². The predicted octanol–water partition coefficient (Wildman–Crippen LogP) is 1.90. The summed E-state index contributed by atoms with van der Waals surface area (Å²) in [4.78, 5) is 16.9. The van der Waals surface area contributed by atoms with E-state index < -0.39 is 11.4 Å². The number of carbonyl (C=O) groups is 1. The first-order chi connectivity index (χ1) is 8.98. The summed E-state index contributed by atoms with van der Waals surface area (Å²) in [6, 6.07) is 4.67. The van der Waals surface area contributed by atoms with E-state index in [2.05, 4.69) is 4.98 Å². The van der Waals surface area contributed by atoms with E-state index in [1.807, 2.05) is 0 Å². The van der Waals surface area contributed by atoms with Gasteiger partial charge >= 0.3 is 0 Å². The molecule has 1 saturated heterocycles. The molecule has 2 aromatic rings. The van der Waals surface area contributed by atoms with E-state index in [0.29, 0.717) is 29.4 Å².